The van der Waals surface area contributed by atoms with E-state index in [1.807, 2.05) is 0 Å². The third-order valence-corrected chi connectivity index (χ3v) is 3.37. The van der Waals surface area contributed by atoms with E-state index in [1.54, 1.807) is 24.3 Å². The van der Waals surface area contributed by atoms with Gasteiger partial charge in [-0.15, -0.1) is 0 Å². The standard InChI is InChI=1S/C13H8F3NOS/c14-13(15,16)10-5-6-12(17-7-10)19-11-4-2-1-3-9(11)8-18/h1-8H. The lowest BCUT2D eigenvalue weighted by Gasteiger charge is -2.07. The number of carbonyl (C=O) groups is 1. The molecular formula is C13H8F3NOS. The van der Waals surface area contributed by atoms with E-state index in [4.69, 9.17) is 0 Å². The maximum absolute atomic E-state index is 12.4. The fraction of sp³-hybridized carbons (Fsp3) is 0.0769. The van der Waals surface area contributed by atoms with Crippen LogP contribution in [0.2, 0.25) is 0 Å². The number of aromatic nitrogens is 1. The van der Waals surface area contributed by atoms with E-state index in [-0.39, 0.29) is 0 Å². The van der Waals surface area contributed by atoms with Gasteiger partial charge in [0, 0.05) is 16.7 Å². The predicted octanol–water partition coefficient (Wildman–Crippen LogP) is 4.06. The second-order valence-corrected chi connectivity index (χ2v) is 4.70. The topological polar surface area (TPSA) is 30.0 Å². The first-order valence-electron chi connectivity index (χ1n) is 5.26. The van der Waals surface area contributed by atoms with Gasteiger partial charge in [-0.2, -0.15) is 13.2 Å². The highest BCUT2D eigenvalue weighted by molar-refractivity contribution is 7.99. The highest BCUT2D eigenvalue weighted by Gasteiger charge is 2.30. The molecule has 1 aromatic heterocycles. The number of hydrogen-bond donors (Lipinski definition) is 0. The van der Waals surface area contributed by atoms with E-state index in [1.165, 1.54) is 6.07 Å². The molecule has 0 spiro atoms. The zero-order valence-corrected chi connectivity index (χ0v) is 10.3. The van der Waals surface area contributed by atoms with Gasteiger partial charge in [-0.1, -0.05) is 30.0 Å². The largest absolute Gasteiger partial charge is 0.417 e. The molecule has 0 N–H and O–H groups in total. The van der Waals surface area contributed by atoms with Crippen LogP contribution in [0.15, 0.2) is 52.5 Å². The highest BCUT2D eigenvalue weighted by Crippen LogP contribution is 2.32. The number of nitrogens with zero attached hydrogens (tertiary/aromatic N) is 1. The molecule has 1 aromatic carbocycles. The minimum atomic E-state index is -4.39. The minimum Gasteiger partial charge on any atom is -0.298 e. The molecule has 0 radical (unpaired) electrons. The highest BCUT2D eigenvalue weighted by atomic mass is 32.2. The number of aldehydes is 1. The summed E-state index contributed by atoms with van der Waals surface area (Å²) >= 11 is 1.15. The molecule has 0 fully saturated rings. The Kier molecular flexibility index (Phi) is 3.90. The minimum absolute atomic E-state index is 0.405. The van der Waals surface area contributed by atoms with Crippen molar-refractivity contribution in [1.29, 1.82) is 0 Å². The monoisotopic (exact) mass is 283 g/mol. The number of alkyl halides is 3. The van der Waals surface area contributed by atoms with Gasteiger partial charge in [0.15, 0.2) is 6.29 Å². The smallest absolute Gasteiger partial charge is 0.298 e. The van der Waals surface area contributed by atoms with E-state index in [0.717, 1.165) is 24.0 Å². The van der Waals surface area contributed by atoms with E-state index in [9.17, 15) is 18.0 Å². The van der Waals surface area contributed by atoms with Crippen molar-refractivity contribution >= 4 is 18.0 Å². The molecule has 0 atom stereocenters. The fourth-order valence-electron chi connectivity index (χ4n) is 1.39. The third kappa shape index (κ3) is 3.35. The van der Waals surface area contributed by atoms with Gasteiger partial charge in [-0.3, -0.25) is 4.79 Å². The molecule has 0 aliphatic rings. The molecule has 2 rings (SSSR count). The van der Waals surface area contributed by atoms with Gasteiger partial charge in [-0.05, 0) is 18.2 Å². The number of benzene rings is 1. The molecule has 6 heteroatoms. The average Bonchev–Trinajstić information content (AvgIpc) is 2.39. The van der Waals surface area contributed by atoms with Crippen molar-refractivity contribution in [1.82, 2.24) is 4.98 Å². The molecule has 0 saturated carbocycles. The number of rotatable bonds is 3. The lowest BCUT2D eigenvalue weighted by Crippen LogP contribution is -2.05. The average molecular weight is 283 g/mol. The van der Waals surface area contributed by atoms with Crippen molar-refractivity contribution in [2.45, 2.75) is 16.1 Å². The lowest BCUT2D eigenvalue weighted by molar-refractivity contribution is -0.137. The van der Waals surface area contributed by atoms with Gasteiger partial charge >= 0.3 is 6.18 Å². The zero-order chi connectivity index (χ0) is 13.9. The van der Waals surface area contributed by atoms with Crippen LogP contribution in [0.3, 0.4) is 0 Å². The summed E-state index contributed by atoms with van der Waals surface area (Å²) in [6.45, 7) is 0. The van der Waals surface area contributed by atoms with Crippen LogP contribution < -0.4 is 0 Å². The van der Waals surface area contributed by atoms with E-state index in [2.05, 4.69) is 4.98 Å². The first-order valence-corrected chi connectivity index (χ1v) is 6.07. The van der Waals surface area contributed by atoms with Crippen LogP contribution in [0.1, 0.15) is 15.9 Å². The van der Waals surface area contributed by atoms with E-state index >= 15 is 0 Å². The predicted molar refractivity (Wildman–Crippen MR) is 65.2 cm³/mol. The second kappa shape index (κ2) is 5.44. The molecular weight excluding hydrogens is 275 g/mol. The number of carbonyl (C=O) groups excluding carboxylic acids is 1. The third-order valence-electron chi connectivity index (χ3n) is 2.32. The first-order chi connectivity index (χ1) is 9.00. The first kappa shape index (κ1) is 13.6. The molecule has 19 heavy (non-hydrogen) atoms. The molecule has 0 aliphatic carbocycles. The summed E-state index contributed by atoms with van der Waals surface area (Å²) in [6.07, 6.45) is -2.91. The van der Waals surface area contributed by atoms with E-state index < -0.39 is 11.7 Å². The summed E-state index contributed by atoms with van der Waals surface area (Å²) in [5, 5.41) is 0.405. The van der Waals surface area contributed by atoms with Crippen molar-refractivity contribution in [3.63, 3.8) is 0 Å². The van der Waals surface area contributed by atoms with Gasteiger partial charge in [0.25, 0.3) is 0 Å². The molecule has 0 unspecified atom stereocenters. The Hall–Kier alpha value is -1.82. The zero-order valence-electron chi connectivity index (χ0n) is 9.52. The van der Waals surface area contributed by atoms with Gasteiger partial charge in [0.1, 0.15) is 5.03 Å². The molecule has 0 saturated heterocycles. The number of hydrogen-bond acceptors (Lipinski definition) is 3. The Morgan fingerprint density at radius 2 is 1.84 bits per heavy atom. The second-order valence-electron chi connectivity index (χ2n) is 3.64. The van der Waals surface area contributed by atoms with Gasteiger partial charge < -0.3 is 0 Å². The molecule has 0 bridgehead atoms. The van der Waals surface area contributed by atoms with Gasteiger partial charge in [0.2, 0.25) is 0 Å². The Labute approximate surface area is 111 Å². The van der Waals surface area contributed by atoms with Crippen LogP contribution in [0, 0.1) is 0 Å². The Bertz CT molecular complexity index is 581. The molecule has 98 valence electrons. The Morgan fingerprint density at radius 1 is 1.11 bits per heavy atom. The lowest BCUT2D eigenvalue weighted by atomic mass is 10.2. The van der Waals surface area contributed by atoms with Crippen LogP contribution in [0.5, 0.6) is 0 Å². The van der Waals surface area contributed by atoms with Crippen LogP contribution in [0.4, 0.5) is 13.2 Å². The maximum Gasteiger partial charge on any atom is 0.417 e. The van der Waals surface area contributed by atoms with Crippen molar-refractivity contribution in [3.8, 4) is 0 Å². The summed E-state index contributed by atoms with van der Waals surface area (Å²) in [6, 6.07) is 9.08. The molecule has 0 amide bonds. The molecule has 2 nitrogen and oxygen atoms in total. The summed E-state index contributed by atoms with van der Waals surface area (Å²) in [7, 11) is 0. The fourth-order valence-corrected chi connectivity index (χ4v) is 2.24. The van der Waals surface area contributed by atoms with Gasteiger partial charge in [0.05, 0.1) is 5.56 Å². The quantitative estimate of drug-likeness (QED) is 0.795. The SMILES string of the molecule is O=Cc1ccccc1Sc1ccc(C(F)(F)F)cn1. The number of halogens is 3. The molecule has 1 heterocycles. The van der Waals surface area contributed by atoms with Crippen LogP contribution in [-0.4, -0.2) is 11.3 Å². The molecule has 0 aliphatic heterocycles. The summed E-state index contributed by atoms with van der Waals surface area (Å²) in [5.74, 6) is 0. The van der Waals surface area contributed by atoms with Crippen LogP contribution >= 0.6 is 11.8 Å². The number of pyridine rings is 1. The van der Waals surface area contributed by atoms with Crippen LogP contribution in [-0.2, 0) is 6.18 Å². The Balaban J connectivity index is 2.22. The van der Waals surface area contributed by atoms with Crippen molar-refractivity contribution in [2.24, 2.45) is 0 Å². The summed E-state index contributed by atoms with van der Waals surface area (Å²) in [4.78, 5) is 15.2. The maximum atomic E-state index is 12.4. The van der Waals surface area contributed by atoms with E-state index in [0.29, 0.717) is 21.8 Å². The molecule has 2 aromatic rings. The van der Waals surface area contributed by atoms with Gasteiger partial charge in [-0.25, -0.2) is 4.98 Å². The van der Waals surface area contributed by atoms with Crippen molar-refractivity contribution in [3.05, 3.63) is 53.7 Å². The van der Waals surface area contributed by atoms with Crippen molar-refractivity contribution < 1.29 is 18.0 Å². The summed E-state index contributed by atoms with van der Waals surface area (Å²) < 4.78 is 37.1. The Morgan fingerprint density at radius 3 is 2.42 bits per heavy atom. The van der Waals surface area contributed by atoms with Crippen LogP contribution in [0.25, 0.3) is 0 Å². The van der Waals surface area contributed by atoms with Crippen molar-refractivity contribution in [2.75, 3.05) is 0 Å². The summed E-state index contributed by atoms with van der Waals surface area (Å²) in [5.41, 5.74) is -0.310. The normalized spacial score (nSPS) is 11.3.